The van der Waals surface area contributed by atoms with Gasteiger partial charge in [-0.2, -0.15) is 5.10 Å². The number of nitrogens with one attached hydrogen (secondary N) is 3. The molecule has 0 spiro atoms. The van der Waals surface area contributed by atoms with E-state index in [1.54, 1.807) is 18.2 Å². The molecule has 1 saturated heterocycles. The van der Waals surface area contributed by atoms with Gasteiger partial charge in [0.2, 0.25) is 0 Å². The number of nitrogens with zero attached hydrogens (tertiary/aromatic N) is 2. The van der Waals surface area contributed by atoms with Crippen LogP contribution in [0.4, 0.5) is 5.82 Å². The van der Waals surface area contributed by atoms with Crippen LogP contribution in [0.15, 0.2) is 36.4 Å². The summed E-state index contributed by atoms with van der Waals surface area (Å²) in [5, 5.41) is 24.8. The Labute approximate surface area is 161 Å². The standard InChI is InChI=1S/C19H19ClN5O2/c1-11(26)12-2-4-17(20)15(8-12)13-3-5-18-16(9-13)19(23-22-18)24-25(27)14-6-7-21-10-14/h2-5,8-9,14,21H,6-7,10H2,1H3,(H2,22,23,24)/q-1/t14-/m1/s1. The lowest BCUT2D eigenvalue weighted by atomic mass is 10.0. The quantitative estimate of drug-likeness (QED) is 0.459. The van der Waals surface area contributed by atoms with E-state index in [1.165, 1.54) is 6.92 Å². The van der Waals surface area contributed by atoms with E-state index in [2.05, 4.69) is 20.9 Å². The summed E-state index contributed by atoms with van der Waals surface area (Å²) in [6, 6.07) is 10.8. The Morgan fingerprint density at radius 2 is 2.19 bits per heavy atom. The first-order valence-electron chi connectivity index (χ1n) is 8.75. The fourth-order valence-electron chi connectivity index (χ4n) is 3.27. The third kappa shape index (κ3) is 3.54. The predicted molar refractivity (Wildman–Crippen MR) is 107 cm³/mol. The van der Waals surface area contributed by atoms with E-state index in [1.807, 2.05) is 18.2 Å². The zero-order valence-corrected chi connectivity index (χ0v) is 15.5. The summed E-state index contributed by atoms with van der Waals surface area (Å²) < 4.78 is 0. The molecule has 27 heavy (non-hydrogen) atoms. The van der Waals surface area contributed by atoms with E-state index in [4.69, 9.17) is 11.6 Å². The van der Waals surface area contributed by atoms with Crippen molar-refractivity contribution in [1.29, 1.82) is 0 Å². The normalized spacial score (nSPS) is 17.0. The summed E-state index contributed by atoms with van der Waals surface area (Å²) in [4.78, 5) is 11.7. The number of H-pyrrole nitrogens is 1. The number of aromatic amines is 1. The van der Waals surface area contributed by atoms with Gasteiger partial charge in [0.25, 0.3) is 0 Å². The first-order valence-corrected chi connectivity index (χ1v) is 9.13. The zero-order valence-electron chi connectivity index (χ0n) is 14.8. The van der Waals surface area contributed by atoms with E-state index in [-0.39, 0.29) is 11.8 Å². The molecule has 1 fully saturated rings. The van der Waals surface area contributed by atoms with E-state index < -0.39 is 0 Å². The Hall–Kier alpha value is -2.45. The fraction of sp³-hybridized carbons (Fsp3) is 0.263. The van der Waals surface area contributed by atoms with E-state index in [9.17, 15) is 10.0 Å². The number of aromatic nitrogens is 2. The molecule has 1 aliphatic heterocycles. The Kier molecular flexibility index (Phi) is 4.84. The lowest BCUT2D eigenvalue weighted by Crippen LogP contribution is -2.36. The fourth-order valence-corrected chi connectivity index (χ4v) is 3.49. The van der Waals surface area contributed by atoms with Crippen molar-refractivity contribution >= 4 is 34.1 Å². The van der Waals surface area contributed by atoms with Crippen LogP contribution in [0, 0.1) is 5.21 Å². The van der Waals surface area contributed by atoms with Crippen LogP contribution in [0.3, 0.4) is 0 Å². The average Bonchev–Trinajstić information content (AvgIpc) is 3.32. The molecule has 2 heterocycles. The van der Waals surface area contributed by atoms with Gasteiger partial charge >= 0.3 is 0 Å². The minimum Gasteiger partial charge on any atom is -0.767 e. The van der Waals surface area contributed by atoms with Crippen molar-refractivity contribution in [3.63, 3.8) is 0 Å². The summed E-state index contributed by atoms with van der Waals surface area (Å²) in [5.74, 6) is 0.444. The smallest absolute Gasteiger partial charge is 0.169 e. The van der Waals surface area contributed by atoms with Gasteiger partial charge in [-0.3, -0.25) is 15.1 Å². The lowest BCUT2D eigenvalue weighted by molar-refractivity contribution is 0.101. The average molecular weight is 385 g/mol. The predicted octanol–water partition coefficient (Wildman–Crippen LogP) is 3.57. The van der Waals surface area contributed by atoms with Crippen molar-refractivity contribution in [3.05, 3.63) is 52.2 Å². The number of benzene rings is 2. The molecule has 0 bridgehead atoms. The molecule has 2 aromatic carbocycles. The second-order valence-electron chi connectivity index (χ2n) is 6.67. The summed E-state index contributed by atoms with van der Waals surface area (Å²) in [7, 11) is 0. The molecule has 4 rings (SSSR count). The molecule has 140 valence electrons. The second kappa shape index (κ2) is 7.28. The number of Topliss-reactive ketones (excluding diaryl/α,β-unsaturated/α-hetero) is 1. The van der Waals surface area contributed by atoms with Crippen LogP contribution in [0.25, 0.3) is 22.0 Å². The monoisotopic (exact) mass is 384 g/mol. The number of hydrazine groups is 1. The Morgan fingerprint density at radius 1 is 1.33 bits per heavy atom. The number of hydrogen-bond donors (Lipinski definition) is 3. The minimum absolute atomic E-state index is 0.0215. The molecule has 1 aromatic heterocycles. The number of rotatable bonds is 5. The van der Waals surface area contributed by atoms with E-state index in [0.717, 1.165) is 40.2 Å². The summed E-state index contributed by atoms with van der Waals surface area (Å²) in [5.41, 5.74) is 5.85. The zero-order chi connectivity index (χ0) is 19.0. The van der Waals surface area contributed by atoms with Gasteiger partial charge in [-0.05, 0) is 55.8 Å². The van der Waals surface area contributed by atoms with Crippen molar-refractivity contribution in [3.8, 4) is 11.1 Å². The highest BCUT2D eigenvalue weighted by atomic mass is 35.5. The van der Waals surface area contributed by atoms with Crippen LogP contribution in [0.5, 0.6) is 0 Å². The number of halogens is 1. The Bertz CT molecular complexity index is 997. The van der Waals surface area contributed by atoms with Crippen molar-refractivity contribution in [2.24, 2.45) is 0 Å². The minimum atomic E-state index is -0.123. The van der Waals surface area contributed by atoms with Gasteiger partial charge in [-0.1, -0.05) is 17.7 Å². The summed E-state index contributed by atoms with van der Waals surface area (Å²) in [6.45, 7) is 3.01. The van der Waals surface area contributed by atoms with Crippen molar-refractivity contribution < 1.29 is 4.79 Å². The number of fused-ring (bicyclic) bond motifs is 1. The first kappa shape index (κ1) is 17.9. The van der Waals surface area contributed by atoms with Gasteiger partial charge < -0.3 is 15.9 Å². The van der Waals surface area contributed by atoms with Crippen LogP contribution in [-0.4, -0.2) is 40.3 Å². The summed E-state index contributed by atoms with van der Waals surface area (Å²) in [6.07, 6.45) is 0.789. The molecular weight excluding hydrogens is 366 g/mol. The molecular formula is C19H19ClN5O2-. The maximum Gasteiger partial charge on any atom is 0.169 e. The second-order valence-corrected chi connectivity index (χ2v) is 7.07. The topological polar surface area (TPSA) is 96.1 Å². The van der Waals surface area contributed by atoms with Crippen molar-refractivity contribution in [2.45, 2.75) is 19.4 Å². The van der Waals surface area contributed by atoms with Gasteiger partial charge in [0, 0.05) is 34.1 Å². The Morgan fingerprint density at radius 3 is 2.93 bits per heavy atom. The number of carbonyl (C=O) groups excluding carboxylic acids is 1. The van der Waals surface area contributed by atoms with Crippen molar-refractivity contribution in [1.82, 2.24) is 20.7 Å². The van der Waals surface area contributed by atoms with Crippen LogP contribution >= 0.6 is 11.6 Å². The molecule has 7 nitrogen and oxygen atoms in total. The van der Waals surface area contributed by atoms with Crippen LogP contribution < -0.4 is 10.7 Å². The summed E-state index contributed by atoms with van der Waals surface area (Å²) >= 11 is 6.36. The lowest BCUT2D eigenvalue weighted by Gasteiger charge is -2.34. The highest BCUT2D eigenvalue weighted by Gasteiger charge is 2.17. The Balaban J connectivity index is 1.70. The molecule has 0 amide bonds. The third-order valence-electron chi connectivity index (χ3n) is 4.83. The van der Waals surface area contributed by atoms with E-state index >= 15 is 0 Å². The number of carbonyl (C=O) groups is 1. The molecule has 0 radical (unpaired) electrons. The highest BCUT2D eigenvalue weighted by Crippen LogP contribution is 2.33. The van der Waals surface area contributed by atoms with E-state index in [0.29, 0.717) is 22.9 Å². The molecule has 1 atom stereocenters. The number of ketones is 1. The van der Waals surface area contributed by atoms with Crippen LogP contribution in [0.2, 0.25) is 5.02 Å². The third-order valence-corrected chi connectivity index (χ3v) is 5.16. The maximum absolute atomic E-state index is 12.3. The molecule has 3 N–H and O–H groups in total. The van der Waals surface area contributed by atoms with Gasteiger partial charge in [-0.15, -0.1) is 0 Å². The molecule has 8 heteroatoms. The van der Waals surface area contributed by atoms with Crippen LogP contribution in [-0.2, 0) is 0 Å². The van der Waals surface area contributed by atoms with Gasteiger partial charge in [0.05, 0.1) is 5.52 Å². The SMILES string of the molecule is CC(=O)c1ccc(Cl)c(-c2ccc3[nH]nc(NN([O-])[C@@H]4CCNC4)c3c2)c1. The van der Waals surface area contributed by atoms with Crippen molar-refractivity contribution in [2.75, 3.05) is 18.5 Å². The van der Waals surface area contributed by atoms with Gasteiger partial charge in [-0.25, -0.2) is 0 Å². The number of anilines is 1. The van der Waals surface area contributed by atoms with Gasteiger partial charge in [0.1, 0.15) is 0 Å². The highest BCUT2D eigenvalue weighted by molar-refractivity contribution is 6.33. The molecule has 1 aliphatic rings. The molecule has 0 aliphatic carbocycles. The molecule has 3 aromatic rings. The molecule has 0 saturated carbocycles. The van der Waals surface area contributed by atoms with Gasteiger partial charge in [0.15, 0.2) is 11.6 Å². The molecule has 0 unspecified atom stereocenters. The first-order chi connectivity index (χ1) is 13.0. The maximum atomic E-state index is 12.3. The largest absolute Gasteiger partial charge is 0.767 e. The number of hydroxylamine groups is 1. The number of hydrogen-bond acceptors (Lipinski definition) is 6. The van der Waals surface area contributed by atoms with Crippen LogP contribution in [0.1, 0.15) is 23.7 Å².